The second kappa shape index (κ2) is 7.65. The maximum absolute atomic E-state index is 12.5. The fourth-order valence-corrected chi connectivity index (χ4v) is 3.46. The average Bonchev–Trinajstić information content (AvgIpc) is 3.03. The van der Waals surface area contributed by atoms with Crippen molar-refractivity contribution in [2.45, 2.75) is 26.7 Å². The Kier molecular flexibility index (Phi) is 5.33. The summed E-state index contributed by atoms with van der Waals surface area (Å²) in [4.78, 5) is 30.6. The molecular weight excluding hydrogens is 336 g/mol. The lowest BCUT2D eigenvalue weighted by molar-refractivity contribution is 0.0692. The maximum atomic E-state index is 12.5. The van der Waals surface area contributed by atoms with Gasteiger partial charge >= 0.3 is 6.03 Å². The lowest BCUT2D eigenvalue weighted by atomic mass is 9.99. The van der Waals surface area contributed by atoms with Gasteiger partial charge in [-0.3, -0.25) is 10.1 Å². The molecule has 1 fully saturated rings. The Morgan fingerprint density at radius 1 is 1.24 bits per heavy atom. The van der Waals surface area contributed by atoms with Crippen molar-refractivity contribution in [2.75, 3.05) is 23.7 Å². The average molecular weight is 358 g/mol. The van der Waals surface area contributed by atoms with Crippen molar-refractivity contribution < 1.29 is 9.59 Å². The molecule has 3 rings (SSSR count). The molecule has 2 aromatic rings. The molecule has 132 valence electrons. The van der Waals surface area contributed by atoms with Crippen molar-refractivity contribution in [3.8, 4) is 0 Å². The maximum Gasteiger partial charge on any atom is 0.325 e. The van der Waals surface area contributed by atoms with E-state index in [9.17, 15) is 9.59 Å². The summed E-state index contributed by atoms with van der Waals surface area (Å²) in [6.07, 6.45) is 2.06. The van der Waals surface area contributed by atoms with Gasteiger partial charge in [-0.15, -0.1) is 11.3 Å². The number of carbonyl (C=O) groups excluding carboxylic acids is 2. The molecule has 0 aliphatic carbocycles. The van der Waals surface area contributed by atoms with Gasteiger partial charge in [-0.25, -0.2) is 9.78 Å². The van der Waals surface area contributed by atoms with Gasteiger partial charge < -0.3 is 10.2 Å². The molecule has 3 amide bonds. The summed E-state index contributed by atoms with van der Waals surface area (Å²) in [5, 5.41) is 7.55. The highest BCUT2D eigenvalue weighted by Crippen LogP contribution is 2.21. The zero-order chi connectivity index (χ0) is 17.8. The van der Waals surface area contributed by atoms with Crippen molar-refractivity contribution in [2.24, 2.45) is 5.92 Å². The molecule has 25 heavy (non-hydrogen) atoms. The van der Waals surface area contributed by atoms with Crippen LogP contribution in [0, 0.1) is 12.8 Å². The summed E-state index contributed by atoms with van der Waals surface area (Å²) < 4.78 is 0. The van der Waals surface area contributed by atoms with Crippen molar-refractivity contribution >= 4 is 34.1 Å². The molecule has 1 aliphatic rings. The third kappa shape index (κ3) is 4.57. The summed E-state index contributed by atoms with van der Waals surface area (Å²) in [6.45, 7) is 5.71. The number of anilines is 2. The van der Waals surface area contributed by atoms with Crippen LogP contribution >= 0.6 is 11.3 Å². The van der Waals surface area contributed by atoms with Gasteiger partial charge in [0.05, 0.1) is 0 Å². The Labute approximate surface area is 151 Å². The summed E-state index contributed by atoms with van der Waals surface area (Å²) >= 11 is 1.25. The smallest absolute Gasteiger partial charge is 0.325 e. The van der Waals surface area contributed by atoms with E-state index >= 15 is 0 Å². The number of carbonyl (C=O) groups is 2. The number of thiazole rings is 1. The number of likely N-dealkylation sites (tertiary alicyclic amines) is 1. The van der Waals surface area contributed by atoms with Gasteiger partial charge in [0, 0.05) is 24.2 Å². The van der Waals surface area contributed by atoms with Crippen LogP contribution in [0.15, 0.2) is 29.6 Å². The van der Waals surface area contributed by atoms with Crippen molar-refractivity contribution in [1.82, 2.24) is 9.88 Å². The van der Waals surface area contributed by atoms with Crippen molar-refractivity contribution in [1.29, 1.82) is 0 Å². The second-order valence-electron chi connectivity index (χ2n) is 6.46. The van der Waals surface area contributed by atoms with Gasteiger partial charge in [0.15, 0.2) is 5.13 Å². The van der Waals surface area contributed by atoms with Crippen LogP contribution in [0.5, 0.6) is 0 Å². The third-order valence-corrected chi connectivity index (χ3v) is 5.05. The number of rotatable bonds is 3. The van der Waals surface area contributed by atoms with Gasteiger partial charge in [-0.1, -0.05) is 19.1 Å². The SMILES string of the molecule is Cc1cccc(NC(=O)Nc2nc(C(=O)N3CCC(C)CC3)cs2)c1. The van der Waals surface area contributed by atoms with E-state index in [1.165, 1.54) is 11.3 Å². The van der Waals surface area contributed by atoms with Crippen LogP contribution in [0.2, 0.25) is 0 Å². The number of piperidine rings is 1. The van der Waals surface area contributed by atoms with Crippen LogP contribution in [0.25, 0.3) is 0 Å². The van der Waals surface area contributed by atoms with Crippen LogP contribution < -0.4 is 10.6 Å². The highest BCUT2D eigenvalue weighted by atomic mass is 32.1. The van der Waals surface area contributed by atoms with Crippen LogP contribution in [0.1, 0.15) is 35.8 Å². The Bertz CT molecular complexity index is 766. The molecule has 0 atom stereocenters. The fraction of sp³-hybridized carbons (Fsp3) is 0.389. The molecule has 1 saturated heterocycles. The summed E-state index contributed by atoms with van der Waals surface area (Å²) in [6, 6.07) is 7.17. The first-order valence-electron chi connectivity index (χ1n) is 8.41. The van der Waals surface area contributed by atoms with Gasteiger partial charge in [0.25, 0.3) is 5.91 Å². The van der Waals surface area contributed by atoms with E-state index in [1.807, 2.05) is 36.1 Å². The van der Waals surface area contributed by atoms with Gasteiger partial charge in [-0.2, -0.15) is 0 Å². The first-order chi connectivity index (χ1) is 12.0. The first-order valence-corrected chi connectivity index (χ1v) is 9.28. The van der Waals surface area contributed by atoms with Gasteiger partial charge in [-0.05, 0) is 43.4 Å². The standard InChI is InChI=1S/C18H22N4O2S/c1-12-6-8-22(9-7-12)16(23)15-11-25-18(20-15)21-17(24)19-14-5-3-4-13(2)10-14/h3-5,10-12H,6-9H2,1-2H3,(H2,19,20,21,24). The molecule has 7 heteroatoms. The lowest BCUT2D eigenvalue weighted by Crippen LogP contribution is -2.38. The van der Waals surface area contributed by atoms with E-state index in [-0.39, 0.29) is 11.9 Å². The molecule has 0 unspecified atom stereocenters. The van der Waals surface area contributed by atoms with E-state index in [0.29, 0.717) is 22.4 Å². The van der Waals surface area contributed by atoms with Crippen LogP contribution in [0.4, 0.5) is 15.6 Å². The molecule has 0 spiro atoms. The van der Waals surface area contributed by atoms with Crippen LogP contribution in [-0.2, 0) is 0 Å². The minimum atomic E-state index is -0.370. The zero-order valence-electron chi connectivity index (χ0n) is 14.4. The normalized spacial score (nSPS) is 15.0. The number of urea groups is 1. The number of hydrogen-bond donors (Lipinski definition) is 2. The van der Waals surface area contributed by atoms with Gasteiger partial charge in [0.1, 0.15) is 5.69 Å². The fourth-order valence-electron chi connectivity index (χ4n) is 2.79. The minimum Gasteiger partial charge on any atom is -0.337 e. The van der Waals surface area contributed by atoms with Gasteiger partial charge in [0.2, 0.25) is 0 Å². The minimum absolute atomic E-state index is 0.0599. The molecule has 1 aromatic carbocycles. The Morgan fingerprint density at radius 2 is 2.00 bits per heavy atom. The molecule has 2 N–H and O–H groups in total. The van der Waals surface area contributed by atoms with Crippen molar-refractivity contribution in [3.05, 3.63) is 40.9 Å². The summed E-state index contributed by atoms with van der Waals surface area (Å²) in [5.41, 5.74) is 2.17. The molecule has 0 radical (unpaired) electrons. The highest BCUT2D eigenvalue weighted by Gasteiger charge is 2.23. The van der Waals surface area contributed by atoms with E-state index in [0.717, 1.165) is 31.5 Å². The molecule has 1 aromatic heterocycles. The predicted molar refractivity (Wildman–Crippen MR) is 100 cm³/mol. The highest BCUT2D eigenvalue weighted by molar-refractivity contribution is 7.14. The number of nitrogens with one attached hydrogen (secondary N) is 2. The molecule has 0 bridgehead atoms. The van der Waals surface area contributed by atoms with E-state index < -0.39 is 0 Å². The number of nitrogens with zero attached hydrogens (tertiary/aromatic N) is 2. The largest absolute Gasteiger partial charge is 0.337 e. The number of aromatic nitrogens is 1. The van der Waals surface area contributed by atoms with E-state index in [2.05, 4.69) is 22.5 Å². The monoisotopic (exact) mass is 358 g/mol. The molecule has 2 heterocycles. The summed E-state index contributed by atoms with van der Waals surface area (Å²) in [5.74, 6) is 0.609. The number of aryl methyl sites for hydroxylation is 1. The number of benzene rings is 1. The van der Waals surface area contributed by atoms with E-state index in [4.69, 9.17) is 0 Å². The zero-order valence-corrected chi connectivity index (χ0v) is 15.2. The number of hydrogen-bond acceptors (Lipinski definition) is 4. The molecule has 1 aliphatic heterocycles. The van der Waals surface area contributed by atoms with E-state index in [1.54, 1.807) is 5.38 Å². The van der Waals surface area contributed by atoms with Crippen molar-refractivity contribution in [3.63, 3.8) is 0 Å². The topological polar surface area (TPSA) is 74.3 Å². The van der Waals surface area contributed by atoms with Crippen LogP contribution in [0.3, 0.4) is 0 Å². The predicted octanol–water partition coefficient (Wildman–Crippen LogP) is 3.97. The lowest BCUT2D eigenvalue weighted by Gasteiger charge is -2.29. The molecular formula is C18H22N4O2S. The Balaban J connectivity index is 1.57. The molecule has 6 nitrogen and oxygen atoms in total. The number of amides is 3. The Morgan fingerprint density at radius 3 is 2.72 bits per heavy atom. The quantitative estimate of drug-likeness (QED) is 0.872. The third-order valence-electron chi connectivity index (χ3n) is 4.29. The molecule has 0 saturated carbocycles. The Hall–Kier alpha value is -2.41. The summed E-state index contributed by atoms with van der Waals surface area (Å²) in [7, 11) is 0. The van der Waals surface area contributed by atoms with Crippen LogP contribution in [-0.4, -0.2) is 34.9 Å². The first kappa shape index (κ1) is 17.4. The second-order valence-corrected chi connectivity index (χ2v) is 7.32.